The van der Waals surface area contributed by atoms with E-state index in [1.807, 2.05) is 0 Å². The summed E-state index contributed by atoms with van der Waals surface area (Å²) in [4.78, 5) is 11.8. The second-order valence-corrected chi connectivity index (χ2v) is 8.64. The van der Waals surface area contributed by atoms with Gasteiger partial charge in [-0.2, -0.15) is 4.31 Å². The van der Waals surface area contributed by atoms with Crippen LogP contribution in [0.4, 0.5) is 4.39 Å². The molecule has 5 nitrogen and oxygen atoms in total. The molecule has 0 aliphatic carbocycles. The molecular formula is C19H17ClFNO4S. The van der Waals surface area contributed by atoms with Crippen LogP contribution in [0.5, 0.6) is 0 Å². The van der Waals surface area contributed by atoms with Crippen molar-refractivity contribution in [3.05, 3.63) is 82.1 Å². The number of halogens is 2. The molecule has 3 rings (SSSR count). The van der Waals surface area contributed by atoms with Crippen LogP contribution in [0.3, 0.4) is 0 Å². The molecule has 0 aromatic heterocycles. The zero-order valence-corrected chi connectivity index (χ0v) is 15.9. The summed E-state index contributed by atoms with van der Waals surface area (Å²) in [7, 11) is -3.84. The third-order valence-electron chi connectivity index (χ3n) is 4.47. The fourth-order valence-corrected chi connectivity index (χ4v) is 4.78. The van der Waals surface area contributed by atoms with Crippen LogP contribution < -0.4 is 0 Å². The number of carboxylic acid groups (broad SMARTS) is 1. The van der Waals surface area contributed by atoms with Gasteiger partial charge >= 0.3 is 5.97 Å². The zero-order chi connectivity index (χ0) is 19.8. The van der Waals surface area contributed by atoms with Gasteiger partial charge in [0.15, 0.2) is 0 Å². The Labute approximate surface area is 161 Å². The van der Waals surface area contributed by atoms with Crippen molar-refractivity contribution in [2.75, 3.05) is 6.26 Å². The highest BCUT2D eigenvalue weighted by Gasteiger charge is 2.42. The van der Waals surface area contributed by atoms with E-state index in [4.69, 9.17) is 11.6 Å². The van der Waals surface area contributed by atoms with Crippen molar-refractivity contribution in [2.45, 2.75) is 18.5 Å². The Kier molecular flexibility index (Phi) is 5.37. The van der Waals surface area contributed by atoms with Crippen molar-refractivity contribution >= 4 is 27.6 Å². The molecule has 2 aromatic rings. The zero-order valence-electron chi connectivity index (χ0n) is 14.3. The summed E-state index contributed by atoms with van der Waals surface area (Å²) in [6.07, 6.45) is 2.70. The quantitative estimate of drug-likeness (QED) is 0.830. The smallest absolute Gasteiger partial charge is 0.333 e. The lowest BCUT2D eigenvalue weighted by molar-refractivity contribution is -0.133. The Hall–Kier alpha value is -2.22. The van der Waals surface area contributed by atoms with E-state index in [0.717, 1.165) is 16.6 Å². The van der Waals surface area contributed by atoms with E-state index < -0.39 is 33.9 Å². The van der Waals surface area contributed by atoms with Gasteiger partial charge in [-0.1, -0.05) is 41.9 Å². The van der Waals surface area contributed by atoms with Gasteiger partial charge in [-0.15, -0.1) is 0 Å². The summed E-state index contributed by atoms with van der Waals surface area (Å²) < 4.78 is 40.2. The van der Waals surface area contributed by atoms with Gasteiger partial charge in [0.25, 0.3) is 0 Å². The second kappa shape index (κ2) is 7.42. The molecule has 1 aliphatic heterocycles. The summed E-state index contributed by atoms with van der Waals surface area (Å²) in [5.41, 5.74) is 0.830. The standard InChI is InChI=1S/C19H17ClFNO4S/c1-27(25,26)22-17(12-5-7-14(20)8-6-12)10-9-16(19(23)24)18(22)13-3-2-4-15(21)11-13/h2-9,11,17-18H,10H2,1H3,(H,23,24)/t17-,18-/m0/s1. The molecule has 0 saturated carbocycles. The van der Waals surface area contributed by atoms with Gasteiger partial charge in [0.05, 0.1) is 23.9 Å². The van der Waals surface area contributed by atoms with E-state index in [9.17, 15) is 22.7 Å². The van der Waals surface area contributed by atoms with Crippen molar-refractivity contribution in [1.82, 2.24) is 4.31 Å². The highest BCUT2D eigenvalue weighted by Crippen LogP contribution is 2.43. The SMILES string of the molecule is CS(=O)(=O)N1[C@@H](c2cccc(F)c2)C(C(=O)O)=CC[C@H]1c1ccc(Cl)cc1. The molecule has 8 heteroatoms. The first-order chi connectivity index (χ1) is 12.7. The Balaban J connectivity index is 2.21. The average Bonchev–Trinajstić information content (AvgIpc) is 2.60. The molecule has 0 bridgehead atoms. The minimum absolute atomic E-state index is 0.101. The number of carbonyl (C=O) groups is 1. The molecule has 1 N–H and O–H groups in total. The van der Waals surface area contributed by atoms with E-state index in [-0.39, 0.29) is 17.6 Å². The number of sulfonamides is 1. The highest BCUT2D eigenvalue weighted by molar-refractivity contribution is 7.88. The van der Waals surface area contributed by atoms with Gasteiger partial charge in [-0.3, -0.25) is 0 Å². The number of aliphatic carboxylic acids is 1. The monoisotopic (exact) mass is 409 g/mol. The van der Waals surface area contributed by atoms with E-state index >= 15 is 0 Å². The predicted molar refractivity (Wildman–Crippen MR) is 100 cm³/mol. The highest BCUT2D eigenvalue weighted by atomic mass is 35.5. The third kappa shape index (κ3) is 4.05. The van der Waals surface area contributed by atoms with E-state index in [0.29, 0.717) is 10.6 Å². The lowest BCUT2D eigenvalue weighted by Crippen LogP contribution is -2.41. The van der Waals surface area contributed by atoms with Gasteiger partial charge in [-0.05, 0) is 41.8 Å². The molecule has 0 saturated heterocycles. The number of nitrogens with zero attached hydrogens (tertiary/aromatic N) is 1. The van der Waals surface area contributed by atoms with Crippen molar-refractivity contribution in [2.24, 2.45) is 0 Å². The summed E-state index contributed by atoms with van der Waals surface area (Å²) in [5, 5.41) is 10.1. The van der Waals surface area contributed by atoms with Gasteiger partial charge in [-0.25, -0.2) is 17.6 Å². The maximum atomic E-state index is 13.8. The summed E-state index contributed by atoms with van der Waals surface area (Å²) in [5.74, 6) is -1.81. The van der Waals surface area contributed by atoms with Gasteiger partial charge < -0.3 is 5.11 Å². The number of carboxylic acids is 1. The first-order valence-electron chi connectivity index (χ1n) is 8.11. The first-order valence-corrected chi connectivity index (χ1v) is 10.3. The maximum Gasteiger partial charge on any atom is 0.333 e. The van der Waals surface area contributed by atoms with E-state index in [1.165, 1.54) is 24.3 Å². The Morgan fingerprint density at radius 2 is 1.85 bits per heavy atom. The molecular weight excluding hydrogens is 393 g/mol. The van der Waals surface area contributed by atoms with Crippen molar-refractivity contribution in [3.8, 4) is 0 Å². The van der Waals surface area contributed by atoms with Crippen LogP contribution in [0.2, 0.25) is 5.02 Å². The summed E-state index contributed by atoms with van der Waals surface area (Å²) in [6.45, 7) is 0. The Morgan fingerprint density at radius 3 is 2.41 bits per heavy atom. The second-order valence-electron chi connectivity index (χ2n) is 6.32. The van der Waals surface area contributed by atoms with Crippen LogP contribution in [0, 0.1) is 5.82 Å². The maximum absolute atomic E-state index is 13.8. The molecule has 0 fully saturated rings. The van der Waals surface area contributed by atoms with Gasteiger partial charge in [0, 0.05) is 5.02 Å². The Morgan fingerprint density at radius 1 is 1.19 bits per heavy atom. The molecule has 0 spiro atoms. The topological polar surface area (TPSA) is 74.7 Å². The molecule has 2 atom stereocenters. The lowest BCUT2D eigenvalue weighted by Gasteiger charge is -2.40. The molecule has 1 heterocycles. The fourth-order valence-electron chi connectivity index (χ4n) is 3.37. The molecule has 0 radical (unpaired) electrons. The van der Waals surface area contributed by atoms with Crippen LogP contribution in [-0.4, -0.2) is 30.1 Å². The predicted octanol–water partition coefficient (Wildman–Crippen LogP) is 3.94. The van der Waals surface area contributed by atoms with Crippen LogP contribution in [0.25, 0.3) is 0 Å². The van der Waals surface area contributed by atoms with Crippen molar-refractivity contribution in [3.63, 3.8) is 0 Å². The number of hydrogen-bond acceptors (Lipinski definition) is 3. The molecule has 0 amide bonds. The van der Waals surface area contributed by atoms with E-state index in [2.05, 4.69) is 0 Å². The number of rotatable bonds is 4. The normalized spacial score (nSPS) is 20.9. The minimum atomic E-state index is -3.84. The number of benzene rings is 2. The van der Waals surface area contributed by atoms with Crippen LogP contribution >= 0.6 is 11.6 Å². The molecule has 1 aliphatic rings. The van der Waals surface area contributed by atoms with Gasteiger partial charge in [0.1, 0.15) is 5.82 Å². The number of hydrogen-bond donors (Lipinski definition) is 1. The van der Waals surface area contributed by atoms with Crippen molar-refractivity contribution in [1.29, 1.82) is 0 Å². The fraction of sp³-hybridized carbons (Fsp3) is 0.211. The lowest BCUT2D eigenvalue weighted by atomic mass is 9.89. The van der Waals surface area contributed by atoms with E-state index in [1.54, 1.807) is 24.3 Å². The Bertz CT molecular complexity index is 1000. The van der Waals surface area contributed by atoms with Crippen LogP contribution in [0.15, 0.2) is 60.2 Å². The summed E-state index contributed by atoms with van der Waals surface area (Å²) >= 11 is 5.92. The average molecular weight is 410 g/mol. The largest absolute Gasteiger partial charge is 0.478 e. The minimum Gasteiger partial charge on any atom is -0.478 e. The van der Waals surface area contributed by atoms with Gasteiger partial charge in [0.2, 0.25) is 10.0 Å². The molecule has 27 heavy (non-hydrogen) atoms. The summed E-state index contributed by atoms with van der Waals surface area (Å²) in [6, 6.07) is 10.2. The van der Waals surface area contributed by atoms with Crippen molar-refractivity contribution < 1.29 is 22.7 Å². The molecule has 2 aromatic carbocycles. The molecule has 142 valence electrons. The molecule has 0 unspecified atom stereocenters. The van der Waals surface area contributed by atoms with Crippen LogP contribution in [0.1, 0.15) is 29.6 Å². The van der Waals surface area contributed by atoms with Crippen LogP contribution in [-0.2, 0) is 14.8 Å². The first kappa shape index (κ1) is 19.5. The third-order valence-corrected chi connectivity index (χ3v) is 5.95.